The van der Waals surface area contributed by atoms with E-state index in [0.29, 0.717) is 0 Å². The molecule has 0 aromatic heterocycles. The fourth-order valence-electron chi connectivity index (χ4n) is 1.00. The molecule has 0 heterocycles. The highest BCUT2D eigenvalue weighted by Crippen LogP contribution is 2.20. The molecule has 8 heavy (non-hydrogen) atoms. The van der Waals surface area contributed by atoms with Crippen molar-refractivity contribution in [2.24, 2.45) is 0 Å². The third-order valence-corrected chi connectivity index (χ3v) is 1.36. The van der Waals surface area contributed by atoms with E-state index in [0.717, 1.165) is 0 Å². The van der Waals surface area contributed by atoms with Gasteiger partial charge in [-0.05, 0) is 18.9 Å². The molecule has 1 aliphatic carbocycles. The highest BCUT2D eigenvalue weighted by atomic mass is 14.1. The normalized spacial score (nSPS) is 16.8. The van der Waals surface area contributed by atoms with Crippen molar-refractivity contribution in [3.8, 4) is 0 Å². The zero-order chi connectivity index (χ0) is 5.98. The Bertz CT molecular complexity index is 138. The topological polar surface area (TPSA) is 0 Å². The van der Waals surface area contributed by atoms with Crippen molar-refractivity contribution in [1.82, 2.24) is 0 Å². The maximum absolute atomic E-state index is 2.25. The third-order valence-electron chi connectivity index (χ3n) is 1.36. The minimum atomic E-state index is 1.26. The summed E-state index contributed by atoms with van der Waals surface area (Å²) in [5.74, 6) is 0. The number of hydrogen-bond acceptors (Lipinski definition) is 0. The van der Waals surface area contributed by atoms with Gasteiger partial charge in [0.05, 0.1) is 0 Å². The average Bonchev–Trinajstić information content (AvgIpc) is 1.64. The van der Waals surface area contributed by atoms with Gasteiger partial charge in [-0.1, -0.05) is 31.1 Å². The molecule has 0 aromatic carbocycles. The van der Waals surface area contributed by atoms with Crippen molar-refractivity contribution in [3.63, 3.8) is 0 Å². The van der Waals surface area contributed by atoms with Gasteiger partial charge in [-0.2, -0.15) is 0 Å². The average molecular weight is 108 g/mol. The summed E-state index contributed by atoms with van der Waals surface area (Å²) >= 11 is 0. The van der Waals surface area contributed by atoms with Crippen molar-refractivity contribution in [2.75, 3.05) is 0 Å². The van der Waals surface area contributed by atoms with Crippen LogP contribution in [0.3, 0.4) is 0 Å². The van der Waals surface area contributed by atoms with Crippen LogP contribution in [0.15, 0.2) is 23.3 Å². The summed E-state index contributed by atoms with van der Waals surface area (Å²) in [4.78, 5) is 0. The molecule has 0 nitrogen and oxygen atoms in total. The van der Waals surface area contributed by atoms with Crippen molar-refractivity contribution in [1.29, 1.82) is 0 Å². The van der Waals surface area contributed by atoms with Crippen LogP contribution in [-0.4, -0.2) is 0 Å². The first-order valence-corrected chi connectivity index (χ1v) is 3.22. The third kappa shape index (κ3) is 1.00. The number of allylic oxidation sites excluding steroid dienone is 4. The monoisotopic (exact) mass is 108 g/mol. The largest absolute Gasteiger partial charge is 0.0651 e. The first-order valence-electron chi connectivity index (χ1n) is 3.22. The number of hydrogen-bond donors (Lipinski definition) is 0. The van der Waals surface area contributed by atoms with Crippen molar-refractivity contribution in [2.45, 2.75) is 26.7 Å². The first-order chi connectivity index (χ1) is 3.83. The Labute approximate surface area is 50.9 Å². The van der Waals surface area contributed by atoms with Crippen LogP contribution >= 0.6 is 0 Å². The molecule has 0 atom stereocenters. The Morgan fingerprint density at radius 3 is 2.38 bits per heavy atom. The van der Waals surface area contributed by atoms with Crippen LogP contribution in [0.25, 0.3) is 0 Å². The fourth-order valence-corrected chi connectivity index (χ4v) is 1.00. The van der Waals surface area contributed by atoms with Crippen LogP contribution in [0.1, 0.15) is 26.7 Å². The van der Waals surface area contributed by atoms with Gasteiger partial charge < -0.3 is 0 Å². The van der Waals surface area contributed by atoms with Gasteiger partial charge in [0, 0.05) is 0 Å². The van der Waals surface area contributed by atoms with Crippen LogP contribution in [0, 0.1) is 0 Å². The molecule has 0 fully saturated rings. The van der Waals surface area contributed by atoms with Gasteiger partial charge in [-0.3, -0.25) is 0 Å². The van der Waals surface area contributed by atoms with Crippen LogP contribution in [0.2, 0.25) is 0 Å². The molecule has 44 valence electrons. The second-order valence-electron chi connectivity index (χ2n) is 2.36. The summed E-state index contributed by atoms with van der Waals surface area (Å²) in [6.07, 6.45) is 7.04. The van der Waals surface area contributed by atoms with Gasteiger partial charge in [-0.25, -0.2) is 0 Å². The van der Waals surface area contributed by atoms with E-state index in [1.165, 1.54) is 24.0 Å². The quantitative estimate of drug-likeness (QED) is 0.510. The molecule has 0 unspecified atom stereocenters. The lowest BCUT2D eigenvalue weighted by atomic mass is 9.97. The van der Waals surface area contributed by atoms with Gasteiger partial charge >= 0.3 is 0 Å². The molecule has 0 aliphatic heterocycles. The van der Waals surface area contributed by atoms with Gasteiger partial charge in [0.2, 0.25) is 0 Å². The van der Waals surface area contributed by atoms with Crippen LogP contribution in [-0.2, 0) is 0 Å². The van der Waals surface area contributed by atoms with Crippen molar-refractivity contribution < 1.29 is 0 Å². The second kappa shape index (κ2) is 2.17. The molecule has 1 rings (SSSR count). The SMILES string of the molecule is CCCC1=CC(C)=C1. The van der Waals surface area contributed by atoms with Gasteiger partial charge in [0.1, 0.15) is 0 Å². The van der Waals surface area contributed by atoms with E-state index in [1.807, 2.05) is 0 Å². The molecule has 0 saturated carbocycles. The standard InChI is InChI=1S/C8H12/c1-3-4-8-5-7(2)6-8/h5-6H,3-4H2,1-2H3. The smallest absolute Gasteiger partial charge is 0.0281 e. The molecule has 0 radical (unpaired) electrons. The summed E-state index contributed by atoms with van der Waals surface area (Å²) in [7, 11) is 0. The van der Waals surface area contributed by atoms with Gasteiger partial charge in [0.15, 0.2) is 0 Å². The minimum absolute atomic E-state index is 1.26. The summed E-state index contributed by atoms with van der Waals surface area (Å²) < 4.78 is 0. The summed E-state index contributed by atoms with van der Waals surface area (Å²) in [5, 5.41) is 0. The van der Waals surface area contributed by atoms with Crippen LogP contribution in [0.5, 0.6) is 0 Å². The fraction of sp³-hybridized carbons (Fsp3) is 0.500. The highest BCUT2D eigenvalue weighted by Gasteiger charge is 2.00. The van der Waals surface area contributed by atoms with Crippen molar-refractivity contribution in [3.05, 3.63) is 23.3 Å². The maximum Gasteiger partial charge on any atom is -0.0281 e. The minimum Gasteiger partial charge on any atom is -0.0651 e. The lowest BCUT2D eigenvalue weighted by molar-refractivity contribution is 0.913. The highest BCUT2D eigenvalue weighted by molar-refractivity contribution is 5.42. The molecule has 0 bridgehead atoms. The molecular weight excluding hydrogens is 96.1 g/mol. The molecule has 1 aliphatic rings. The van der Waals surface area contributed by atoms with E-state index in [-0.39, 0.29) is 0 Å². The van der Waals surface area contributed by atoms with E-state index in [1.54, 1.807) is 0 Å². The molecule has 0 aromatic rings. The first kappa shape index (κ1) is 5.61. The second-order valence-corrected chi connectivity index (χ2v) is 2.36. The zero-order valence-corrected chi connectivity index (χ0v) is 5.57. The summed E-state index contributed by atoms with van der Waals surface area (Å²) in [5.41, 5.74) is 2.94. The van der Waals surface area contributed by atoms with Crippen molar-refractivity contribution >= 4 is 0 Å². The van der Waals surface area contributed by atoms with E-state index in [9.17, 15) is 0 Å². The Morgan fingerprint density at radius 2 is 2.00 bits per heavy atom. The summed E-state index contributed by atoms with van der Waals surface area (Å²) in [6, 6.07) is 0. The Morgan fingerprint density at radius 1 is 1.38 bits per heavy atom. The van der Waals surface area contributed by atoms with Gasteiger partial charge in [-0.15, -0.1) is 0 Å². The van der Waals surface area contributed by atoms with Gasteiger partial charge in [0.25, 0.3) is 0 Å². The number of rotatable bonds is 2. The Balaban J connectivity index is 2.25. The van der Waals surface area contributed by atoms with Crippen LogP contribution in [0.4, 0.5) is 0 Å². The summed E-state index contributed by atoms with van der Waals surface area (Å²) in [6.45, 7) is 4.35. The lowest BCUT2D eigenvalue weighted by Gasteiger charge is -2.09. The van der Waals surface area contributed by atoms with Crippen LogP contribution < -0.4 is 0 Å². The Hall–Kier alpha value is -0.520. The maximum atomic E-state index is 2.25. The predicted octanol–water partition coefficient (Wildman–Crippen LogP) is 2.67. The molecule has 0 heteroatoms. The molecular formula is C8H12. The molecule has 0 amide bonds. The van der Waals surface area contributed by atoms with E-state index >= 15 is 0 Å². The van der Waals surface area contributed by atoms with E-state index in [2.05, 4.69) is 26.0 Å². The predicted molar refractivity (Wildman–Crippen MR) is 36.7 cm³/mol. The van der Waals surface area contributed by atoms with E-state index < -0.39 is 0 Å². The molecule has 0 spiro atoms. The Kier molecular flexibility index (Phi) is 1.52. The zero-order valence-electron chi connectivity index (χ0n) is 5.57. The van der Waals surface area contributed by atoms with E-state index in [4.69, 9.17) is 0 Å². The molecule has 0 N–H and O–H groups in total. The molecule has 0 saturated heterocycles. The lowest BCUT2D eigenvalue weighted by Crippen LogP contribution is -1.89.